The normalized spacial score (nSPS) is 15.4. The van der Waals surface area contributed by atoms with Crippen LogP contribution in [0.5, 0.6) is 0 Å². The topological polar surface area (TPSA) is 43.4 Å². The number of halogens is 2. The lowest BCUT2D eigenvalue weighted by Gasteiger charge is -1.98. The summed E-state index contributed by atoms with van der Waals surface area (Å²) in [5, 5.41) is -0.349. The van der Waals surface area contributed by atoms with E-state index in [0.29, 0.717) is 0 Å². The van der Waals surface area contributed by atoms with E-state index in [-0.39, 0.29) is 12.0 Å². The zero-order valence-corrected chi connectivity index (χ0v) is 7.00. The van der Waals surface area contributed by atoms with Gasteiger partial charge >= 0.3 is 9.33 Å². The summed E-state index contributed by atoms with van der Waals surface area (Å²) in [5.74, 6) is 0. The first kappa shape index (κ1) is 9.49. The minimum Gasteiger partial charge on any atom is -0.256 e. The first-order chi connectivity index (χ1) is 3.92. The molecule has 0 saturated carbocycles. The van der Waals surface area contributed by atoms with E-state index in [0.717, 1.165) is 0 Å². The fourth-order valence-corrected chi connectivity index (χ4v) is 0.834. The first-order valence-electron chi connectivity index (χ1n) is 2.15. The fourth-order valence-electron chi connectivity index (χ4n) is 0.175. The van der Waals surface area contributed by atoms with Gasteiger partial charge < -0.3 is 0 Å². The minimum atomic E-state index is -3.83. The van der Waals surface area contributed by atoms with Crippen molar-refractivity contribution in [1.82, 2.24) is 0 Å². The highest BCUT2D eigenvalue weighted by atomic mass is 35.7. The molecule has 0 aliphatic carbocycles. The minimum absolute atomic E-state index is 0.0899. The predicted molar refractivity (Wildman–Crippen MR) is 36.0 cm³/mol. The van der Waals surface area contributed by atoms with Crippen LogP contribution in [-0.2, 0) is 13.5 Å². The molecule has 0 N–H and O–H groups in total. The molecule has 3 nitrogen and oxygen atoms in total. The molecule has 1 atom stereocenters. The number of alkyl halides is 1. The van der Waals surface area contributed by atoms with Crippen LogP contribution in [-0.4, -0.2) is 20.4 Å². The largest absolute Gasteiger partial charge is 0.355 e. The molecule has 6 heteroatoms. The summed E-state index contributed by atoms with van der Waals surface area (Å²) < 4.78 is 24.1. The average molecular weight is 193 g/mol. The highest BCUT2D eigenvalue weighted by Crippen LogP contribution is 2.02. The summed E-state index contributed by atoms with van der Waals surface area (Å²) in [7, 11) is 0.837. The van der Waals surface area contributed by atoms with Gasteiger partial charge in [-0.05, 0) is 6.92 Å². The lowest BCUT2D eigenvalue weighted by molar-refractivity contribution is 0.331. The highest BCUT2D eigenvalue weighted by molar-refractivity contribution is 8.09. The van der Waals surface area contributed by atoms with E-state index in [1.807, 2.05) is 0 Å². The SMILES string of the molecule is CC(Cl)COS(=O)(=O)Cl. The molecule has 0 aromatic heterocycles. The lowest BCUT2D eigenvalue weighted by Crippen LogP contribution is -2.06. The van der Waals surface area contributed by atoms with Crippen LogP contribution in [0, 0.1) is 0 Å². The molecular formula is C3H6Cl2O3S. The van der Waals surface area contributed by atoms with Crippen LogP contribution in [0.1, 0.15) is 6.92 Å². The van der Waals surface area contributed by atoms with Gasteiger partial charge in [-0.3, -0.25) is 4.18 Å². The third-order valence-electron chi connectivity index (χ3n) is 0.438. The van der Waals surface area contributed by atoms with Gasteiger partial charge in [-0.25, -0.2) is 0 Å². The van der Waals surface area contributed by atoms with Gasteiger partial charge in [0.2, 0.25) is 0 Å². The molecule has 0 amide bonds. The number of hydrogen-bond donors (Lipinski definition) is 0. The maximum Gasteiger partial charge on any atom is 0.355 e. The van der Waals surface area contributed by atoms with E-state index in [2.05, 4.69) is 14.9 Å². The van der Waals surface area contributed by atoms with Gasteiger partial charge in [0.15, 0.2) is 0 Å². The number of rotatable bonds is 3. The Morgan fingerprint density at radius 2 is 2.11 bits per heavy atom. The van der Waals surface area contributed by atoms with Gasteiger partial charge in [0.25, 0.3) is 0 Å². The molecule has 0 radical (unpaired) electrons. The second-order valence-electron chi connectivity index (χ2n) is 1.46. The van der Waals surface area contributed by atoms with E-state index in [1.165, 1.54) is 0 Å². The molecule has 0 aliphatic rings. The first-order valence-corrected chi connectivity index (χ1v) is 4.82. The van der Waals surface area contributed by atoms with Crippen LogP contribution in [0.2, 0.25) is 0 Å². The summed E-state index contributed by atoms with van der Waals surface area (Å²) in [6.45, 7) is 1.51. The van der Waals surface area contributed by atoms with Crippen LogP contribution in [0.4, 0.5) is 0 Å². The van der Waals surface area contributed by atoms with Crippen LogP contribution >= 0.6 is 22.3 Å². The molecule has 0 aromatic carbocycles. The Morgan fingerprint density at radius 1 is 1.67 bits per heavy atom. The van der Waals surface area contributed by atoms with Crippen LogP contribution in [0.3, 0.4) is 0 Å². The van der Waals surface area contributed by atoms with E-state index < -0.39 is 9.33 Å². The van der Waals surface area contributed by atoms with Gasteiger partial charge in [-0.2, -0.15) is 8.42 Å². The maximum atomic E-state index is 10.0. The summed E-state index contributed by atoms with van der Waals surface area (Å²) in [4.78, 5) is 0. The van der Waals surface area contributed by atoms with Gasteiger partial charge in [0, 0.05) is 10.7 Å². The van der Waals surface area contributed by atoms with Gasteiger partial charge in [-0.1, -0.05) is 0 Å². The van der Waals surface area contributed by atoms with Crippen molar-refractivity contribution in [1.29, 1.82) is 0 Å². The van der Waals surface area contributed by atoms with Crippen molar-refractivity contribution in [2.45, 2.75) is 12.3 Å². The standard InChI is InChI=1S/C3H6Cl2O3S/c1-3(4)2-8-9(5,6)7/h3H,2H2,1H3. The van der Waals surface area contributed by atoms with Crippen LogP contribution in [0.15, 0.2) is 0 Å². The molecule has 56 valence electrons. The van der Waals surface area contributed by atoms with Crippen molar-refractivity contribution in [3.05, 3.63) is 0 Å². The third kappa shape index (κ3) is 8.49. The molecule has 0 rings (SSSR count). The quantitative estimate of drug-likeness (QED) is 0.498. The summed E-state index contributed by atoms with van der Waals surface area (Å²) in [6, 6.07) is 0. The molecule has 0 bridgehead atoms. The molecular weight excluding hydrogens is 187 g/mol. The maximum absolute atomic E-state index is 10.0. The average Bonchev–Trinajstić information content (AvgIpc) is 1.59. The second kappa shape index (κ2) is 3.61. The Labute approximate surface area is 63.5 Å². The van der Waals surface area contributed by atoms with Crippen molar-refractivity contribution in [2.75, 3.05) is 6.61 Å². The highest BCUT2D eigenvalue weighted by Gasteiger charge is 2.06. The Hall–Kier alpha value is 0.490. The van der Waals surface area contributed by atoms with Gasteiger partial charge in [0.05, 0.1) is 12.0 Å². The molecule has 0 aromatic rings. The second-order valence-corrected chi connectivity index (χ2v) is 4.36. The van der Waals surface area contributed by atoms with Crippen molar-refractivity contribution >= 4 is 31.6 Å². The Morgan fingerprint density at radius 3 is 2.22 bits per heavy atom. The summed E-state index contributed by atoms with van der Waals surface area (Å²) >= 11 is 5.34. The summed E-state index contributed by atoms with van der Waals surface area (Å²) in [6.07, 6.45) is 0. The molecule has 0 spiro atoms. The third-order valence-corrected chi connectivity index (χ3v) is 1.25. The molecule has 1 unspecified atom stereocenters. The van der Waals surface area contributed by atoms with E-state index in [1.54, 1.807) is 6.92 Å². The molecule has 0 fully saturated rings. The van der Waals surface area contributed by atoms with Crippen molar-refractivity contribution in [3.8, 4) is 0 Å². The fraction of sp³-hybridized carbons (Fsp3) is 1.00. The van der Waals surface area contributed by atoms with Crippen LogP contribution in [0.25, 0.3) is 0 Å². The van der Waals surface area contributed by atoms with E-state index in [9.17, 15) is 8.42 Å². The smallest absolute Gasteiger partial charge is 0.256 e. The predicted octanol–water partition coefficient (Wildman–Crippen LogP) is 1.11. The summed E-state index contributed by atoms with van der Waals surface area (Å²) in [5.41, 5.74) is 0. The van der Waals surface area contributed by atoms with Gasteiger partial charge in [0.1, 0.15) is 0 Å². The zero-order valence-electron chi connectivity index (χ0n) is 4.67. The van der Waals surface area contributed by atoms with Crippen molar-refractivity contribution in [2.24, 2.45) is 0 Å². The van der Waals surface area contributed by atoms with E-state index in [4.69, 9.17) is 11.6 Å². The van der Waals surface area contributed by atoms with Crippen LogP contribution < -0.4 is 0 Å². The Kier molecular flexibility index (Phi) is 3.80. The van der Waals surface area contributed by atoms with Crippen molar-refractivity contribution < 1.29 is 12.6 Å². The van der Waals surface area contributed by atoms with E-state index >= 15 is 0 Å². The Bertz CT molecular complexity index is 162. The monoisotopic (exact) mass is 192 g/mol. The molecule has 9 heavy (non-hydrogen) atoms. The zero-order chi connectivity index (χ0) is 7.49. The van der Waals surface area contributed by atoms with Crippen molar-refractivity contribution in [3.63, 3.8) is 0 Å². The Balaban J connectivity index is 3.53. The molecule has 0 aliphatic heterocycles. The molecule has 0 heterocycles. The molecule has 0 saturated heterocycles. The van der Waals surface area contributed by atoms with Gasteiger partial charge in [-0.15, -0.1) is 11.6 Å². The lowest BCUT2D eigenvalue weighted by atomic mass is 10.5. The number of hydrogen-bond acceptors (Lipinski definition) is 3.